The number of hydrogen-bond acceptors (Lipinski definition) is 4. The summed E-state index contributed by atoms with van der Waals surface area (Å²) in [7, 11) is 0. The van der Waals surface area contributed by atoms with Gasteiger partial charge in [-0.1, -0.05) is 12.1 Å². The Morgan fingerprint density at radius 3 is 2.17 bits per heavy atom. The van der Waals surface area contributed by atoms with E-state index in [2.05, 4.69) is 0 Å². The second-order valence-corrected chi connectivity index (χ2v) is 6.47. The number of imide groups is 1. The molecular formula is C18H22N2O4. The maximum Gasteiger partial charge on any atom is 0.261 e. The Kier molecular flexibility index (Phi) is 4.66. The van der Waals surface area contributed by atoms with Crippen LogP contribution in [0.25, 0.3) is 0 Å². The van der Waals surface area contributed by atoms with E-state index in [1.54, 1.807) is 29.2 Å². The van der Waals surface area contributed by atoms with Crippen molar-refractivity contribution in [1.29, 1.82) is 0 Å². The Bertz CT molecular complexity index is 628. The second-order valence-electron chi connectivity index (χ2n) is 6.47. The van der Waals surface area contributed by atoms with Gasteiger partial charge >= 0.3 is 0 Å². The summed E-state index contributed by atoms with van der Waals surface area (Å²) >= 11 is 0. The highest BCUT2D eigenvalue weighted by molar-refractivity contribution is 6.21. The highest BCUT2D eigenvalue weighted by Gasteiger charge is 2.34. The van der Waals surface area contributed by atoms with Gasteiger partial charge in [-0.05, 0) is 32.4 Å². The molecule has 3 amide bonds. The normalized spacial score (nSPS) is 23.6. The Labute approximate surface area is 141 Å². The average molecular weight is 330 g/mol. The summed E-state index contributed by atoms with van der Waals surface area (Å²) in [5, 5.41) is 0. The third-order valence-electron chi connectivity index (χ3n) is 4.42. The Morgan fingerprint density at radius 2 is 1.62 bits per heavy atom. The summed E-state index contributed by atoms with van der Waals surface area (Å²) in [5.74, 6) is -0.484. The fourth-order valence-electron chi connectivity index (χ4n) is 3.37. The maximum absolute atomic E-state index is 12.3. The van der Waals surface area contributed by atoms with Gasteiger partial charge in [0.2, 0.25) is 5.91 Å². The van der Waals surface area contributed by atoms with Gasteiger partial charge in [-0.25, -0.2) is 0 Å². The highest BCUT2D eigenvalue weighted by Crippen LogP contribution is 2.22. The first-order valence-electron chi connectivity index (χ1n) is 8.36. The average Bonchev–Trinajstić information content (AvgIpc) is 2.79. The lowest BCUT2D eigenvalue weighted by Crippen LogP contribution is -2.48. The first-order chi connectivity index (χ1) is 11.5. The van der Waals surface area contributed by atoms with Gasteiger partial charge < -0.3 is 9.64 Å². The fraction of sp³-hybridized carbons (Fsp3) is 0.500. The molecule has 0 aliphatic carbocycles. The molecule has 1 saturated heterocycles. The molecule has 3 rings (SSSR count). The first kappa shape index (κ1) is 16.6. The Balaban J connectivity index is 1.53. The molecule has 2 heterocycles. The summed E-state index contributed by atoms with van der Waals surface area (Å²) in [6.07, 6.45) is 0.875. The molecule has 128 valence electrons. The highest BCUT2D eigenvalue weighted by atomic mass is 16.5. The zero-order valence-electron chi connectivity index (χ0n) is 14.0. The summed E-state index contributed by atoms with van der Waals surface area (Å²) in [6.45, 7) is 5.36. The van der Waals surface area contributed by atoms with Gasteiger partial charge in [-0.3, -0.25) is 19.3 Å². The number of fused-ring (bicyclic) bond motifs is 1. The minimum atomic E-state index is -0.267. The van der Waals surface area contributed by atoms with Crippen molar-refractivity contribution in [3.63, 3.8) is 0 Å². The van der Waals surface area contributed by atoms with Crippen LogP contribution in [0.3, 0.4) is 0 Å². The van der Waals surface area contributed by atoms with Crippen LogP contribution in [0, 0.1) is 0 Å². The molecule has 0 aromatic heterocycles. The van der Waals surface area contributed by atoms with Crippen LogP contribution in [-0.4, -0.2) is 59.4 Å². The lowest BCUT2D eigenvalue weighted by atomic mass is 10.1. The zero-order valence-corrected chi connectivity index (χ0v) is 14.0. The summed E-state index contributed by atoms with van der Waals surface area (Å²) in [4.78, 5) is 39.9. The van der Waals surface area contributed by atoms with Crippen molar-refractivity contribution in [3.8, 4) is 0 Å². The van der Waals surface area contributed by atoms with Crippen LogP contribution < -0.4 is 0 Å². The van der Waals surface area contributed by atoms with Gasteiger partial charge in [0.1, 0.15) is 0 Å². The minimum absolute atomic E-state index is 0.0361. The van der Waals surface area contributed by atoms with E-state index in [-0.39, 0.29) is 36.5 Å². The van der Waals surface area contributed by atoms with E-state index in [0.29, 0.717) is 37.1 Å². The molecule has 24 heavy (non-hydrogen) atoms. The fourth-order valence-corrected chi connectivity index (χ4v) is 3.37. The molecule has 0 spiro atoms. The predicted octanol–water partition coefficient (Wildman–Crippen LogP) is 1.70. The number of hydrogen-bond donors (Lipinski definition) is 0. The van der Waals surface area contributed by atoms with Crippen LogP contribution in [0.5, 0.6) is 0 Å². The number of nitrogens with zero attached hydrogens (tertiary/aromatic N) is 2. The topological polar surface area (TPSA) is 66.9 Å². The van der Waals surface area contributed by atoms with Crippen molar-refractivity contribution < 1.29 is 19.1 Å². The van der Waals surface area contributed by atoms with Gasteiger partial charge in [0.05, 0.1) is 23.3 Å². The smallest absolute Gasteiger partial charge is 0.261 e. The summed E-state index contributed by atoms with van der Waals surface area (Å²) in [5.41, 5.74) is 0.898. The van der Waals surface area contributed by atoms with Gasteiger partial charge in [-0.2, -0.15) is 0 Å². The SMILES string of the molecule is C[C@@H]1CN(C(=O)CCCN2C(=O)c3ccccc3C2=O)C[C@H](C)O1. The Hall–Kier alpha value is -2.21. The molecule has 0 bridgehead atoms. The number of rotatable bonds is 4. The van der Waals surface area contributed by atoms with Crippen molar-refractivity contribution in [2.75, 3.05) is 19.6 Å². The van der Waals surface area contributed by atoms with Gasteiger partial charge in [-0.15, -0.1) is 0 Å². The molecule has 6 heteroatoms. The molecule has 2 atom stereocenters. The molecule has 0 radical (unpaired) electrons. The van der Waals surface area contributed by atoms with Gasteiger partial charge in [0.25, 0.3) is 11.8 Å². The quantitative estimate of drug-likeness (QED) is 0.788. The van der Waals surface area contributed by atoms with Crippen LogP contribution >= 0.6 is 0 Å². The van der Waals surface area contributed by atoms with E-state index in [9.17, 15) is 14.4 Å². The third kappa shape index (κ3) is 3.19. The largest absolute Gasteiger partial charge is 0.372 e. The van der Waals surface area contributed by atoms with Crippen molar-refractivity contribution in [2.45, 2.75) is 38.9 Å². The summed E-state index contributed by atoms with van der Waals surface area (Å²) < 4.78 is 5.62. The van der Waals surface area contributed by atoms with E-state index < -0.39 is 0 Å². The molecule has 1 fully saturated rings. The standard InChI is InChI=1S/C18H22N2O4/c1-12-10-19(11-13(2)24-12)16(21)8-5-9-20-17(22)14-6-3-4-7-15(14)18(20)23/h3-4,6-7,12-13H,5,8-11H2,1-2H3/t12-,13+. The maximum atomic E-state index is 12.3. The predicted molar refractivity (Wildman–Crippen MR) is 87.6 cm³/mol. The van der Waals surface area contributed by atoms with E-state index in [1.165, 1.54) is 4.90 Å². The second kappa shape index (κ2) is 6.73. The number of ether oxygens (including phenoxy) is 1. The molecule has 0 N–H and O–H groups in total. The van der Waals surface area contributed by atoms with Crippen molar-refractivity contribution in [1.82, 2.24) is 9.80 Å². The van der Waals surface area contributed by atoms with Crippen LogP contribution in [0.4, 0.5) is 0 Å². The molecule has 0 saturated carbocycles. The van der Waals surface area contributed by atoms with Crippen molar-refractivity contribution >= 4 is 17.7 Å². The molecule has 2 aliphatic heterocycles. The Morgan fingerprint density at radius 1 is 1.08 bits per heavy atom. The molecular weight excluding hydrogens is 308 g/mol. The van der Waals surface area contributed by atoms with Crippen molar-refractivity contribution in [3.05, 3.63) is 35.4 Å². The zero-order chi connectivity index (χ0) is 17.3. The summed E-state index contributed by atoms with van der Waals surface area (Å²) in [6, 6.07) is 6.82. The van der Waals surface area contributed by atoms with E-state index in [4.69, 9.17) is 4.74 Å². The lowest BCUT2D eigenvalue weighted by molar-refractivity contribution is -0.143. The van der Waals surface area contributed by atoms with Gasteiger partial charge in [0, 0.05) is 26.1 Å². The molecule has 0 unspecified atom stereocenters. The first-order valence-corrected chi connectivity index (χ1v) is 8.36. The van der Waals surface area contributed by atoms with Gasteiger partial charge in [0.15, 0.2) is 0 Å². The minimum Gasteiger partial charge on any atom is -0.372 e. The van der Waals surface area contributed by atoms with Crippen LogP contribution in [0.1, 0.15) is 47.4 Å². The molecule has 2 aliphatic rings. The lowest BCUT2D eigenvalue weighted by Gasteiger charge is -2.35. The number of carbonyl (C=O) groups excluding carboxylic acids is 3. The van der Waals surface area contributed by atoms with E-state index >= 15 is 0 Å². The molecule has 1 aromatic rings. The number of amides is 3. The number of carbonyl (C=O) groups is 3. The third-order valence-corrected chi connectivity index (χ3v) is 4.42. The number of morpholine rings is 1. The monoisotopic (exact) mass is 330 g/mol. The van der Waals surface area contributed by atoms with Crippen LogP contribution in [0.2, 0.25) is 0 Å². The molecule has 1 aromatic carbocycles. The number of benzene rings is 1. The van der Waals surface area contributed by atoms with Crippen LogP contribution in [0.15, 0.2) is 24.3 Å². The van der Waals surface area contributed by atoms with E-state index in [1.807, 2.05) is 13.8 Å². The van der Waals surface area contributed by atoms with E-state index in [0.717, 1.165) is 0 Å². The van der Waals surface area contributed by atoms with Crippen LogP contribution in [-0.2, 0) is 9.53 Å². The van der Waals surface area contributed by atoms with Crippen molar-refractivity contribution in [2.24, 2.45) is 0 Å². The molecule has 6 nitrogen and oxygen atoms in total.